The summed E-state index contributed by atoms with van der Waals surface area (Å²) in [7, 11) is 0. The number of nitrogens with zero attached hydrogens (tertiary/aromatic N) is 5. The molecule has 2 aromatic heterocycles. The van der Waals surface area contributed by atoms with Crippen molar-refractivity contribution in [2.24, 2.45) is 10.2 Å². The third-order valence-electron chi connectivity index (χ3n) is 4.49. The number of imidazole rings is 1. The quantitative estimate of drug-likeness (QED) is 0.640. The van der Waals surface area contributed by atoms with E-state index in [1.165, 1.54) is 24.1 Å². The maximum Gasteiger partial charge on any atom is 0.182 e. The predicted octanol–water partition coefficient (Wildman–Crippen LogP) is 4.97. The number of hydrogen-bond donors (Lipinski definition) is 0. The highest BCUT2D eigenvalue weighted by molar-refractivity contribution is 5.54. The van der Waals surface area contributed by atoms with Crippen LogP contribution in [0.2, 0.25) is 0 Å². The summed E-state index contributed by atoms with van der Waals surface area (Å²) in [5.74, 6) is 0.789. The van der Waals surface area contributed by atoms with Crippen molar-refractivity contribution in [2.45, 2.75) is 26.7 Å². The number of aryl methyl sites for hydroxylation is 2. The number of pyridine rings is 1. The molecule has 1 fully saturated rings. The molecule has 1 aliphatic heterocycles. The Hall–Kier alpha value is -2.69. The van der Waals surface area contributed by atoms with Crippen LogP contribution in [-0.2, 0) is 0 Å². The van der Waals surface area contributed by atoms with E-state index in [0.717, 1.165) is 35.9 Å². The number of azo groups is 1. The van der Waals surface area contributed by atoms with E-state index in [1.54, 1.807) is 0 Å². The molecule has 0 bridgehead atoms. The summed E-state index contributed by atoms with van der Waals surface area (Å²) < 4.78 is 1.99. The zero-order valence-corrected chi connectivity index (χ0v) is 14.1. The Kier molecular flexibility index (Phi) is 3.76. The molecule has 0 atom stereocenters. The molecule has 5 heteroatoms. The second-order valence-corrected chi connectivity index (χ2v) is 6.37. The van der Waals surface area contributed by atoms with Crippen molar-refractivity contribution in [3.05, 3.63) is 53.9 Å². The van der Waals surface area contributed by atoms with Gasteiger partial charge in [0.2, 0.25) is 0 Å². The van der Waals surface area contributed by atoms with E-state index in [4.69, 9.17) is 0 Å². The third kappa shape index (κ3) is 2.77. The monoisotopic (exact) mass is 319 g/mol. The van der Waals surface area contributed by atoms with Crippen molar-refractivity contribution in [3.8, 4) is 0 Å². The Balaban J connectivity index is 1.60. The highest BCUT2D eigenvalue weighted by Gasteiger charge is 2.12. The first-order chi connectivity index (χ1) is 11.7. The number of fused-ring (bicyclic) bond motifs is 1. The van der Waals surface area contributed by atoms with E-state index in [-0.39, 0.29) is 0 Å². The minimum atomic E-state index is 0.789. The van der Waals surface area contributed by atoms with E-state index in [1.807, 2.05) is 35.7 Å². The molecular weight excluding hydrogens is 298 g/mol. The summed E-state index contributed by atoms with van der Waals surface area (Å²) in [6.07, 6.45) is 4.61. The highest BCUT2D eigenvalue weighted by atomic mass is 15.2. The van der Waals surface area contributed by atoms with Crippen LogP contribution < -0.4 is 4.90 Å². The lowest BCUT2D eigenvalue weighted by Crippen LogP contribution is -2.17. The van der Waals surface area contributed by atoms with Crippen LogP contribution in [0.5, 0.6) is 0 Å². The minimum Gasteiger partial charge on any atom is -0.372 e. The molecule has 1 aliphatic rings. The average Bonchev–Trinajstić information content (AvgIpc) is 3.21. The molecule has 3 aromatic rings. The topological polar surface area (TPSA) is 45.3 Å². The first kappa shape index (κ1) is 14.9. The molecule has 5 nitrogen and oxygen atoms in total. The molecule has 0 N–H and O–H groups in total. The van der Waals surface area contributed by atoms with Crippen molar-refractivity contribution >= 4 is 22.8 Å². The fraction of sp³-hybridized carbons (Fsp3) is 0.316. The molecule has 0 saturated carbocycles. The second kappa shape index (κ2) is 6.07. The van der Waals surface area contributed by atoms with Crippen LogP contribution in [0.4, 0.5) is 17.2 Å². The summed E-state index contributed by atoms with van der Waals surface area (Å²) in [6, 6.07) is 12.4. The van der Waals surface area contributed by atoms with Crippen LogP contribution in [0, 0.1) is 13.8 Å². The first-order valence-electron chi connectivity index (χ1n) is 8.43. The van der Waals surface area contributed by atoms with Crippen molar-refractivity contribution in [1.82, 2.24) is 9.38 Å². The molecule has 24 heavy (non-hydrogen) atoms. The van der Waals surface area contributed by atoms with Gasteiger partial charge in [-0.3, -0.25) is 4.40 Å². The fourth-order valence-electron chi connectivity index (χ4n) is 3.19. The normalized spacial score (nSPS) is 15.0. The van der Waals surface area contributed by atoms with Gasteiger partial charge in [-0.25, -0.2) is 4.98 Å². The van der Waals surface area contributed by atoms with Gasteiger partial charge in [-0.05, 0) is 62.6 Å². The third-order valence-corrected chi connectivity index (χ3v) is 4.49. The summed E-state index contributed by atoms with van der Waals surface area (Å²) in [4.78, 5) is 6.95. The molecule has 0 radical (unpaired) electrons. The van der Waals surface area contributed by atoms with Crippen LogP contribution in [0.1, 0.15) is 24.1 Å². The number of aromatic nitrogens is 2. The van der Waals surface area contributed by atoms with E-state index >= 15 is 0 Å². The molecule has 0 unspecified atom stereocenters. The summed E-state index contributed by atoms with van der Waals surface area (Å²) >= 11 is 0. The van der Waals surface area contributed by atoms with Crippen molar-refractivity contribution in [2.75, 3.05) is 18.0 Å². The second-order valence-electron chi connectivity index (χ2n) is 6.37. The van der Waals surface area contributed by atoms with Gasteiger partial charge in [0.05, 0.1) is 11.4 Å². The van der Waals surface area contributed by atoms with E-state index < -0.39 is 0 Å². The van der Waals surface area contributed by atoms with Crippen molar-refractivity contribution < 1.29 is 0 Å². The van der Waals surface area contributed by atoms with Gasteiger partial charge in [-0.2, -0.15) is 0 Å². The number of anilines is 1. The van der Waals surface area contributed by atoms with Crippen LogP contribution in [0.3, 0.4) is 0 Å². The van der Waals surface area contributed by atoms with Crippen molar-refractivity contribution in [3.63, 3.8) is 0 Å². The maximum absolute atomic E-state index is 4.54. The van der Waals surface area contributed by atoms with Crippen molar-refractivity contribution in [1.29, 1.82) is 0 Å². The number of rotatable bonds is 3. The summed E-state index contributed by atoms with van der Waals surface area (Å²) in [5, 5.41) is 8.85. The van der Waals surface area contributed by atoms with Gasteiger partial charge < -0.3 is 4.90 Å². The van der Waals surface area contributed by atoms with Gasteiger partial charge in [0, 0.05) is 25.0 Å². The maximum atomic E-state index is 4.54. The minimum absolute atomic E-state index is 0.789. The Morgan fingerprint density at radius 3 is 2.42 bits per heavy atom. The molecule has 0 spiro atoms. The summed E-state index contributed by atoms with van der Waals surface area (Å²) in [5.41, 5.74) is 5.09. The van der Waals surface area contributed by atoms with Crippen LogP contribution in [0.25, 0.3) is 5.65 Å². The fourth-order valence-corrected chi connectivity index (χ4v) is 3.19. The zero-order valence-electron chi connectivity index (χ0n) is 14.1. The highest BCUT2D eigenvalue weighted by Crippen LogP contribution is 2.26. The Labute approximate surface area is 141 Å². The van der Waals surface area contributed by atoms with Gasteiger partial charge in [-0.15, -0.1) is 10.2 Å². The predicted molar refractivity (Wildman–Crippen MR) is 96.7 cm³/mol. The standard InChI is InChI=1S/C19H21N5/c1-14-5-10-18-20-15(2)19(24(18)13-14)22-21-16-6-8-17(9-7-16)23-11-3-4-12-23/h5-10,13H,3-4,11-12H2,1-2H3. The molecule has 122 valence electrons. The Bertz CT molecular complexity index is 886. The first-order valence-corrected chi connectivity index (χ1v) is 8.43. The lowest BCUT2D eigenvalue weighted by molar-refractivity contribution is 0.949. The molecule has 0 aliphatic carbocycles. The van der Waals surface area contributed by atoms with E-state index in [9.17, 15) is 0 Å². The Morgan fingerprint density at radius 2 is 1.67 bits per heavy atom. The molecule has 0 amide bonds. The van der Waals surface area contributed by atoms with Crippen LogP contribution in [0.15, 0.2) is 52.8 Å². The lowest BCUT2D eigenvalue weighted by atomic mass is 10.2. The van der Waals surface area contributed by atoms with E-state index in [0.29, 0.717) is 0 Å². The van der Waals surface area contributed by atoms with Gasteiger partial charge in [0.15, 0.2) is 5.82 Å². The number of benzene rings is 1. The Morgan fingerprint density at radius 1 is 0.917 bits per heavy atom. The molecule has 1 saturated heterocycles. The summed E-state index contributed by atoms with van der Waals surface area (Å²) in [6.45, 7) is 6.34. The lowest BCUT2D eigenvalue weighted by Gasteiger charge is -2.17. The number of hydrogen-bond acceptors (Lipinski definition) is 4. The van der Waals surface area contributed by atoms with Gasteiger partial charge >= 0.3 is 0 Å². The van der Waals surface area contributed by atoms with Gasteiger partial charge in [-0.1, -0.05) is 6.07 Å². The molecule has 3 heterocycles. The SMILES string of the molecule is Cc1ccc2nc(C)c(N=Nc3ccc(N4CCCC4)cc3)n2c1. The van der Waals surface area contributed by atoms with E-state index in [2.05, 4.69) is 45.2 Å². The zero-order chi connectivity index (χ0) is 16.5. The molecule has 4 rings (SSSR count). The average molecular weight is 319 g/mol. The molecule has 1 aromatic carbocycles. The van der Waals surface area contributed by atoms with Crippen LogP contribution in [-0.4, -0.2) is 22.5 Å². The van der Waals surface area contributed by atoms with Gasteiger partial charge in [0.25, 0.3) is 0 Å². The smallest absolute Gasteiger partial charge is 0.182 e. The van der Waals surface area contributed by atoms with Crippen LogP contribution >= 0.6 is 0 Å². The van der Waals surface area contributed by atoms with Gasteiger partial charge in [0.1, 0.15) is 5.65 Å². The molecular formula is C19H21N5. The largest absolute Gasteiger partial charge is 0.372 e.